The SMILES string of the molecule is CCNC(=NCC(c1cccc(F)c1)N1CCOCC1)NC1CC=CC1. The van der Waals surface area contributed by atoms with Crippen molar-refractivity contribution in [1.29, 1.82) is 0 Å². The van der Waals surface area contributed by atoms with Crippen molar-refractivity contribution in [2.24, 2.45) is 4.99 Å². The van der Waals surface area contributed by atoms with Crippen LogP contribution in [-0.4, -0.2) is 56.3 Å². The van der Waals surface area contributed by atoms with Gasteiger partial charge in [0.05, 0.1) is 25.8 Å². The van der Waals surface area contributed by atoms with Gasteiger partial charge in [0.15, 0.2) is 5.96 Å². The third-order valence-corrected chi connectivity index (χ3v) is 4.84. The van der Waals surface area contributed by atoms with Crippen molar-refractivity contribution < 1.29 is 9.13 Å². The number of rotatable bonds is 6. The molecule has 1 aliphatic heterocycles. The highest BCUT2D eigenvalue weighted by Gasteiger charge is 2.23. The Morgan fingerprint density at radius 3 is 2.77 bits per heavy atom. The lowest BCUT2D eigenvalue weighted by atomic mass is 10.0. The average Bonchev–Trinajstić information content (AvgIpc) is 3.16. The van der Waals surface area contributed by atoms with E-state index in [-0.39, 0.29) is 11.9 Å². The smallest absolute Gasteiger partial charge is 0.191 e. The van der Waals surface area contributed by atoms with E-state index in [9.17, 15) is 4.39 Å². The summed E-state index contributed by atoms with van der Waals surface area (Å²) in [5, 5.41) is 6.82. The predicted octanol–water partition coefficient (Wildman–Crippen LogP) is 2.47. The molecule has 1 aliphatic carbocycles. The number of aliphatic imine (C=N–C) groups is 1. The summed E-state index contributed by atoms with van der Waals surface area (Å²) in [6, 6.07) is 7.32. The third kappa shape index (κ3) is 5.29. The van der Waals surface area contributed by atoms with E-state index in [1.807, 2.05) is 6.07 Å². The molecular weight excluding hydrogens is 331 g/mol. The summed E-state index contributed by atoms with van der Waals surface area (Å²) in [6.45, 7) is 6.56. The largest absolute Gasteiger partial charge is 0.379 e. The summed E-state index contributed by atoms with van der Waals surface area (Å²) < 4.78 is 19.3. The van der Waals surface area contributed by atoms with E-state index in [1.165, 1.54) is 6.07 Å². The first-order chi connectivity index (χ1) is 12.8. The minimum absolute atomic E-state index is 0.0479. The number of benzene rings is 1. The predicted molar refractivity (Wildman–Crippen MR) is 103 cm³/mol. The van der Waals surface area contributed by atoms with Gasteiger partial charge in [-0.2, -0.15) is 0 Å². The lowest BCUT2D eigenvalue weighted by Gasteiger charge is -2.34. The maximum absolute atomic E-state index is 13.8. The molecule has 2 N–H and O–H groups in total. The molecule has 0 aromatic heterocycles. The molecule has 2 aliphatic rings. The third-order valence-electron chi connectivity index (χ3n) is 4.84. The molecule has 0 spiro atoms. The maximum atomic E-state index is 13.8. The second-order valence-corrected chi connectivity index (χ2v) is 6.72. The highest BCUT2D eigenvalue weighted by atomic mass is 19.1. The van der Waals surface area contributed by atoms with Gasteiger partial charge < -0.3 is 15.4 Å². The number of ether oxygens (including phenoxy) is 1. The fraction of sp³-hybridized carbons (Fsp3) is 0.550. The van der Waals surface area contributed by atoms with E-state index < -0.39 is 0 Å². The maximum Gasteiger partial charge on any atom is 0.191 e. The van der Waals surface area contributed by atoms with Crippen LogP contribution in [0.5, 0.6) is 0 Å². The topological polar surface area (TPSA) is 48.9 Å². The van der Waals surface area contributed by atoms with Crippen LogP contribution in [0.4, 0.5) is 4.39 Å². The Morgan fingerprint density at radius 2 is 2.08 bits per heavy atom. The van der Waals surface area contributed by atoms with Crippen LogP contribution < -0.4 is 10.6 Å². The first-order valence-corrected chi connectivity index (χ1v) is 9.53. The number of hydrogen-bond acceptors (Lipinski definition) is 3. The van der Waals surface area contributed by atoms with Gasteiger partial charge in [-0.25, -0.2) is 4.39 Å². The van der Waals surface area contributed by atoms with Crippen molar-refractivity contribution in [3.63, 3.8) is 0 Å². The van der Waals surface area contributed by atoms with Crippen LogP contribution in [0.1, 0.15) is 31.4 Å². The zero-order valence-corrected chi connectivity index (χ0v) is 15.5. The van der Waals surface area contributed by atoms with Gasteiger partial charge in [-0.15, -0.1) is 0 Å². The van der Waals surface area contributed by atoms with Gasteiger partial charge in [0.25, 0.3) is 0 Å². The molecule has 0 bridgehead atoms. The van der Waals surface area contributed by atoms with Gasteiger partial charge in [0, 0.05) is 25.7 Å². The van der Waals surface area contributed by atoms with Crippen LogP contribution in [0.3, 0.4) is 0 Å². The Morgan fingerprint density at radius 1 is 1.31 bits per heavy atom. The van der Waals surface area contributed by atoms with E-state index in [4.69, 9.17) is 9.73 Å². The second-order valence-electron chi connectivity index (χ2n) is 6.72. The molecule has 1 aromatic rings. The highest BCUT2D eigenvalue weighted by Crippen LogP contribution is 2.23. The van der Waals surface area contributed by atoms with E-state index in [1.54, 1.807) is 12.1 Å². The molecule has 3 rings (SSSR count). The van der Waals surface area contributed by atoms with Gasteiger partial charge in [0.2, 0.25) is 0 Å². The van der Waals surface area contributed by atoms with Gasteiger partial charge >= 0.3 is 0 Å². The van der Waals surface area contributed by atoms with Crippen molar-refractivity contribution in [1.82, 2.24) is 15.5 Å². The van der Waals surface area contributed by atoms with Crippen LogP contribution in [0, 0.1) is 5.82 Å². The molecule has 0 saturated carbocycles. The molecule has 5 nitrogen and oxygen atoms in total. The molecule has 1 atom stereocenters. The summed E-state index contributed by atoms with van der Waals surface area (Å²) >= 11 is 0. The fourth-order valence-corrected chi connectivity index (χ4v) is 3.46. The molecule has 1 heterocycles. The lowest BCUT2D eigenvalue weighted by molar-refractivity contribution is 0.0179. The van der Waals surface area contributed by atoms with Crippen molar-refractivity contribution >= 4 is 5.96 Å². The number of halogens is 1. The van der Waals surface area contributed by atoms with Crippen molar-refractivity contribution in [3.8, 4) is 0 Å². The normalized spacial score (nSPS) is 20.3. The summed E-state index contributed by atoms with van der Waals surface area (Å²) in [6.07, 6.45) is 6.46. The molecule has 6 heteroatoms. The molecule has 0 radical (unpaired) electrons. The molecule has 1 aromatic carbocycles. The summed E-state index contributed by atoms with van der Waals surface area (Å²) in [5.74, 6) is 0.627. The quantitative estimate of drug-likeness (QED) is 0.465. The molecule has 26 heavy (non-hydrogen) atoms. The number of hydrogen-bond donors (Lipinski definition) is 2. The monoisotopic (exact) mass is 360 g/mol. The van der Waals surface area contributed by atoms with Crippen LogP contribution in [0.2, 0.25) is 0 Å². The van der Waals surface area contributed by atoms with Crippen molar-refractivity contribution in [2.75, 3.05) is 39.4 Å². The van der Waals surface area contributed by atoms with Gasteiger partial charge in [0.1, 0.15) is 5.82 Å². The van der Waals surface area contributed by atoms with Gasteiger partial charge in [-0.3, -0.25) is 9.89 Å². The molecule has 142 valence electrons. The Bertz CT molecular complexity index is 620. The molecule has 0 amide bonds. The summed E-state index contributed by atoms with van der Waals surface area (Å²) in [5.41, 5.74) is 0.967. The van der Waals surface area contributed by atoms with E-state index in [0.29, 0.717) is 25.8 Å². The Hall–Kier alpha value is -1.92. The lowest BCUT2D eigenvalue weighted by Crippen LogP contribution is -2.44. The first kappa shape index (κ1) is 18.9. The van der Waals surface area contributed by atoms with E-state index in [2.05, 4.69) is 34.6 Å². The number of nitrogens with zero attached hydrogens (tertiary/aromatic N) is 2. The second kappa shape index (κ2) is 9.69. The standard InChI is InChI=1S/C20H29FN4O/c1-2-22-20(24-18-8-3-4-9-18)23-15-19(25-10-12-26-13-11-25)16-6-5-7-17(21)14-16/h3-7,14,18-19H,2,8-13,15H2,1H3,(H2,22,23,24). The number of morpholine rings is 1. The van der Waals surface area contributed by atoms with Crippen LogP contribution >= 0.6 is 0 Å². The minimum atomic E-state index is -0.202. The van der Waals surface area contributed by atoms with Crippen LogP contribution in [-0.2, 0) is 4.74 Å². The molecule has 1 unspecified atom stereocenters. The first-order valence-electron chi connectivity index (χ1n) is 9.53. The Labute approximate surface area is 155 Å². The van der Waals surface area contributed by atoms with E-state index in [0.717, 1.165) is 44.0 Å². The van der Waals surface area contributed by atoms with Crippen LogP contribution in [0.15, 0.2) is 41.4 Å². The summed E-state index contributed by atoms with van der Waals surface area (Å²) in [7, 11) is 0. The Kier molecular flexibility index (Phi) is 7.03. The highest BCUT2D eigenvalue weighted by molar-refractivity contribution is 5.80. The van der Waals surface area contributed by atoms with Gasteiger partial charge in [-0.1, -0.05) is 24.3 Å². The zero-order valence-electron chi connectivity index (χ0n) is 15.5. The van der Waals surface area contributed by atoms with Crippen molar-refractivity contribution in [3.05, 3.63) is 47.8 Å². The fourth-order valence-electron chi connectivity index (χ4n) is 3.46. The average molecular weight is 360 g/mol. The summed E-state index contributed by atoms with van der Waals surface area (Å²) in [4.78, 5) is 7.16. The molecular formula is C20H29FN4O. The Balaban J connectivity index is 1.74. The minimum Gasteiger partial charge on any atom is -0.379 e. The number of nitrogens with one attached hydrogen (secondary N) is 2. The zero-order chi connectivity index (χ0) is 18.2. The van der Waals surface area contributed by atoms with E-state index >= 15 is 0 Å². The molecule has 1 fully saturated rings. The van der Waals surface area contributed by atoms with Gasteiger partial charge in [-0.05, 0) is 37.5 Å². The van der Waals surface area contributed by atoms with Crippen molar-refractivity contribution in [2.45, 2.75) is 31.8 Å². The number of guanidine groups is 1. The van der Waals surface area contributed by atoms with Crippen LogP contribution in [0.25, 0.3) is 0 Å². The molecule has 1 saturated heterocycles.